The molecule has 0 rings (SSSR count). The highest BCUT2D eigenvalue weighted by Gasteiger charge is 1.97. The summed E-state index contributed by atoms with van der Waals surface area (Å²) in [5, 5.41) is 6.72. The molecule has 0 fully saturated rings. The summed E-state index contributed by atoms with van der Waals surface area (Å²) >= 11 is 0. The highest BCUT2D eigenvalue weighted by atomic mass is 15.4. The van der Waals surface area contributed by atoms with Gasteiger partial charge in [-0.05, 0) is 19.3 Å². The monoisotopic (exact) mass is 198 g/mol. The lowest BCUT2D eigenvalue weighted by Gasteiger charge is -2.18. The van der Waals surface area contributed by atoms with Crippen molar-refractivity contribution in [3.63, 3.8) is 0 Å². The van der Waals surface area contributed by atoms with Crippen LogP contribution in [-0.4, -0.2) is 24.3 Å². The van der Waals surface area contributed by atoms with Gasteiger partial charge in [0.25, 0.3) is 0 Å². The largest absolute Gasteiger partial charge is 0.297 e. The predicted molar refractivity (Wildman–Crippen MR) is 64.8 cm³/mol. The van der Waals surface area contributed by atoms with E-state index in [-0.39, 0.29) is 0 Å². The van der Waals surface area contributed by atoms with Crippen LogP contribution in [0.3, 0.4) is 0 Å². The minimum absolute atomic E-state index is 1.11. The van der Waals surface area contributed by atoms with Gasteiger partial charge in [-0.25, -0.2) is 0 Å². The average molecular weight is 198 g/mol. The second kappa shape index (κ2) is 10.6. The molecular formula is C12H26N2. The van der Waals surface area contributed by atoms with Crippen LogP contribution < -0.4 is 0 Å². The molecule has 0 unspecified atom stereocenters. The molecule has 0 atom stereocenters. The molecule has 0 saturated carbocycles. The van der Waals surface area contributed by atoms with E-state index in [4.69, 9.17) is 0 Å². The Hall–Kier alpha value is -0.530. The molecule has 0 radical (unpaired) electrons. The van der Waals surface area contributed by atoms with Crippen molar-refractivity contribution in [1.82, 2.24) is 5.01 Å². The smallest absolute Gasteiger partial charge is 0.0360 e. The maximum Gasteiger partial charge on any atom is 0.0360 e. The maximum absolute atomic E-state index is 4.50. The Labute approximate surface area is 89.4 Å². The number of unbranched alkanes of at least 4 members (excludes halogenated alkanes) is 3. The molecule has 0 aliphatic carbocycles. The zero-order chi connectivity index (χ0) is 10.6. The Morgan fingerprint density at radius 3 is 1.93 bits per heavy atom. The highest BCUT2D eigenvalue weighted by molar-refractivity contribution is 5.56. The molecule has 14 heavy (non-hydrogen) atoms. The van der Waals surface area contributed by atoms with Gasteiger partial charge < -0.3 is 0 Å². The van der Waals surface area contributed by atoms with Crippen molar-refractivity contribution in [2.24, 2.45) is 5.10 Å². The fourth-order valence-corrected chi connectivity index (χ4v) is 1.21. The minimum Gasteiger partial charge on any atom is -0.297 e. The number of hydrazone groups is 1. The summed E-state index contributed by atoms with van der Waals surface area (Å²) < 4.78 is 0. The molecule has 0 amide bonds. The molecule has 0 aromatic heterocycles. The summed E-state index contributed by atoms with van der Waals surface area (Å²) in [6, 6.07) is 0. The van der Waals surface area contributed by atoms with E-state index in [1.165, 1.54) is 32.1 Å². The summed E-state index contributed by atoms with van der Waals surface area (Å²) in [5.74, 6) is 0. The van der Waals surface area contributed by atoms with Crippen LogP contribution in [0.15, 0.2) is 5.10 Å². The second-order valence-corrected chi connectivity index (χ2v) is 3.75. The molecule has 0 aliphatic heterocycles. The molecule has 2 heteroatoms. The SMILES string of the molecule is CCCC=NN(CCCC)CCCC. The molecular weight excluding hydrogens is 172 g/mol. The Balaban J connectivity index is 3.71. The summed E-state index contributed by atoms with van der Waals surface area (Å²) in [4.78, 5) is 0. The van der Waals surface area contributed by atoms with Gasteiger partial charge in [-0.3, -0.25) is 5.01 Å². The van der Waals surface area contributed by atoms with E-state index >= 15 is 0 Å². The van der Waals surface area contributed by atoms with Crippen molar-refractivity contribution in [2.45, 2.75) is 59.3 Å². The number of hydrogen-bond acceptors (Lipinski definition) is 2. The van der Waals surface area contributed by atoms with Crippen LogP contribution in [0.2, 0.25) is 0 Å². The zero-order valence-corrected chi connectivity index (χ0v) is 10.1. The van der Waals surface area contributed by atoms with Crippen molar-refractivity contribution in [3.05, 3.63) is 0 Å². The third kappa shape index (κ3) is 8.09. The number of nitrogens with zero attached hydrogens (tertiary/aromatic N) is 2. The lowest BCUT2D eigenvalue weighted by Crippen LogP contribution is -2.20. The minimum atomic E-state index is 1.11. The van der Waals surface area contributed by atoms with E-state index in [0.717, 1.165) is 19.5 Å². The topological polar surface area (TPSA) is 15.6 Å². The van der Waals surface area contributed by atoms with Gasteiger partial charge in [-0.1, -0.05) is 40.0 Å². The Kier molecular flexibility index (Phi) is 10.2. The van der Waals surface area contributed by atoms with E-state index in [1.54, 1.807) is 0 Å². The van der Waals surface area contributed by atoms with E-state index in [0.29, 0.717) is 0 Å². The van der Waals surface area contributed by atoms with Crippen LogP contribution in [0.4, 0.5) is 0 Å². The molecule has 0 aliphatic rings. The molecule has 0 saturated heterocycles. The molecule has 0 bridgehead atoms. The van der Waals surface area contributed by atoms with E-state index in [9.17, 15) is 0 Å². The fraction of sp³-hybridized carbons (Fsp3) is 0.917. The van der Waals surface area contributed by atoms with Crippen LogP contribution in [0, 0.1) is 0 Å². The lowest BCUT2D eigenvalue weighted by molar-refractivity contribution is 0.279. The molecule has 0 heterocycles. The number of rotatable bonds is 9. The predicted octanol–water partition coefficient (Wildman–Crippen LogP) is 3.67. The van der Waals surface area contributed by atoms with Crippen molar-refractivity contribution in [2.75, 3.05) is 13.1 Å². The molecule has 2 nitrogen and oxygen atoms in total. The third-order valence-electron chi connectivity index (χ3n) is 2.20. The first-order valence-electron chi connectivity index (χ1n) is 6.12. The van der Waals surface area contributed by atoms with Gasteiger partial charge >= 0.3 is 0 Å². The Bertz CT molecular complexity index is 124. The van der Waals surface area contributed by atoms with Gasteiger partial charge in [0.15, 0.2) is 0 Å². The van der Waals surface area contributed by atoms with Gasteiger partial charge in [0.1, 0.15) is 0 Å². The average Bonchev–Trinajstić information content (AvgIpc) is 2.21. The normalized spacial score (nSPS) is 11.1. The van der Waals surface area contributed by atoms with Crippen molar-refractivity contribution >= 4 is 6.21 Å². The Morgan fingerprint density at radius 1 is 0.929 bits per heavy atom. The van der Waals surface area contributed by atoms with Crippen LogP contribution in [0.25, 0.3) is 0 Å². The molecule has 0 aromatic rings. The van der Waals surface area contributed by atoms with Crippen molar-refractivity contribution in [3.8, 4) is 0 Å². The van der Waals surface area contributed by atoms with Crippen LogP contribution in [0.5, 0.6) is 0 Å². The first-order valence-corrected chi connectivity index (χ1v) is 6.12. The van der Waals surface area contributed by atoms with Gasteiger partial charge in [-0.2, -0.15) is 5.10 Å². The van der Waals surface area contributed by atoms with Crippen molar-refractivity contribution in [1.29, 1.82) is 0 Å². The molecule has 0 aromatic carbocycles. The van der Waals surface area contributed by atoms with Crippen molar-refractivity contribution < 1.29 is 0 Å². The van der Waals surface area contributed by atoms with Gasteiger partial charge in [-0.15, -0.1) is 0 Å². The zero-order valence-electron chi connectivity index (χ0n) is 10.1. The first kappa shape index (κ1) is 13.5. The molecule has 0 spiro atoms. The van der Waals surface area contributed by atoms with Gasteiger partial charge in [0, 0.05) is 19.3 Å². The number of hydrogen-bond donors (Lipinski definition) is 0. The fourth-order valence-electron chi connectivity index (χ4n) is 1.21. The molecule has 84 valence electrons. The van der Waals surface area contributed by atoms with E-state index in [1.807, 2.05) is 0 Å². The first-order chi connectivity index (χ1) is 6.85. The second-order valence-electron chi connectivity index (χ2n) is 3.75. The van der Waals surface area contributed by atoms with Crippen LogP contribution in [-0.2, 0) is 0 Å². The van der Waals surface area contributed by atoms with Crippen LogP contribution in [0.1, 0.15) is 59.3 Å². The Morgan fingerprint density at radius 2 is 1.50 bits per heavy atom. The summed E-state index contributed by atoms with van der Waals surface area (Å²) in [6.45, 7) is 8.89. The summed E-state index contributed by atoms with van der Waals surface area (Å²) in [7, 11) is 0. The summed E-state index contributed by atoms with van der Waals surface area (Å²) in [5.41, 5.74) is 0. The van der Waals surface area contributed by atoms with Gasteiger partial charge in [0.2, 0.25) is 0 Å². The van der Waals surface area contributed by atoms with E-state index in [2.05, 4.69) is 37.1 Å². The van der Waals surface area contributed by atoms with Gasteiger partial charge in [0.05, 0.1) is 0 Å². The van der Waals surface area contributed by atoms with Crippen LogP contribution >= 0.6 is 0 Å². The summed E-state index contributed by atoms with van der Waals surface area (Å²) in [6.07, 6.45) is 9.39. The highest BCUT2D eigenvalue weighted by Crippen LogP contribution is 1.99. The third-order valence-corrected chi connectivity index (χ3v) is 2.20. The lowest BCUT2D eigenvalue weighted by atomic mass is 10.3. The van der Waals surface area contributed by atoms with E-state index < -0.39 is 0 Å². The maximum atomic E-state index is 4.50. The quantitative estimate of drug-likeness (QED) is 0.407. The standard InChI is InChI=1S/C12H26N2/c1-4-7-10-13-14(11-8-5-2)12-9-6-3/h10H,4-9,11-12H2,1-3H3. The molecule has 0 N–H and O–H groups in total.